The fourth-order valence-corrected chi connectivity index (χ4v) is 3.58. The fourth-order valence-electron chi connectivity index (χ4n) is 2.62. The second kappa shape index (κ2) is 6.44. The van der Waals surface area contributed by atoms with Gasteiger partial charge in [0.05, 0.1) is 10.6 Å². The molecule has 0 bridgehead atoms. The molecule has 0 aliphatic carbocycles. The van der Waals surface area contributed by atoms with E-state index in [1.54, 1.807) is 17.4 Å². The molecule has 1 aliphatic rings. The number of piperidine rings is 1. The summed E-state index contributed by atoms with van der Waals surface area (Å²) >= 11 is 1.64. The van der Waals surface area contributed by atoms with E-state index in [0.717, 1.165) is 42.9 Å². The van der Waals surface area contributed by atoms with Crippen LogP contribution in [-0.2, 0) is 6.42 Å². The van der Waals surface area contributed by atoms with Crippen molar-refractivity contribution < 1.29 is 4.79 Å². The van der Waals surface area contributed by atoms with Crippen LogP contribution in [0.5, 0.6) is 0 Å². The highest BCUT2D eigenvalue weighted by Gasteiger charge is 2.18. The number of nitrogens with zero attached hydrogens (tertiary/aromatic N) is 3. The predicted octanol–water partition coefficient (Wildman–Crippen LogP) is 2.86. The van der Waals surface area contributed by atoms with Gasteiger partial charge in [-0.2, -0.15) is 0 Å². The highest BCUT2D eigenvalue weighted by molar-refractivity contribution is 7.13. The van der Waals surface area contributed by atoms with Crippen molar-refractivity contribution in [3.05, 3.63) is 28.8 Å². The van der Waals surface area contributed by atoms with Gasteiger partial charge in [-0.1, -0.05) is 6.92 Å². The van der Waals surface area contributed by atoms with Gasteiger partial charge in [0, 0.05) is 13.1 Å². The van der Waals surface area contributed by atoms with Crippen molar-refractivity contribution in [2.24, 2.45) is 5.73 Å². The van der Waals surface area contributed by atoms with Crippen LogP contribution < -0.4 is 10.6 Å². The van der Waals surface area contributed by atoms with E-state index in [-0.39, 0.29) is 5.69 Å². The third-order valence-electron chi connectivity index (χ3n) is 3.92. The zero-order valence-electron chi connectivity index (χ0n) is 12.7. The summed E-state index contributed by atoms with van der Waals surface area (Å²) in [4.78, 5) is 23.8. The minimum Gasteiger partial charge on any atom is -0.364 e. The van der Waals surface area contributed by atoms with Gasteiger partial charge in [-0.3, -0.25) is 4.79 Å². The molecule has 1 saturated heterocycles. The largest absolute Gasteiger partial charge is 0.364 e. The SMILES string of the molecule is CCc1csc(-c2cc(C(N)=O)nc(N3CCCCC3)n2)c1. The normalized spacial score (nSPS) is 15.0. The molecule has 0 unspecified atom stereocenters. The summed E-state index contributed by atoms with van der Waals surface area (Å²) in [5, 5.41) is 2.13. The maximum Gasteiger partial charge on any atom is 0.267 e. The molecule has 2 aromatic heterocycles. The molecule has 1 aliphatic heterocycles. The number of amides is 1. The number of aryl methyl sites for hydroxylation is 1. The number of hydrogen-bond donors (Lipinski definition) is 1. The quantitative estimate of drug-likeness (QED) is 0.941. The second-order valence-electron chi connectivity index (χ2n) is 5.52. The summed E-state index contributed by atoms with van der Waals surface area (Å²) in [6.07, 6.45) is 4.50. The molecule has 0 atom stereocenters. The lowest BCUT2D eigenvalue weighted by atomic mass is 10.1. The van der Waals surface area contributed by atoms with E-state index in [4.69, 9.17) is 5.73 Å². The Hall–Kier alpha value is -1.95. The molecule has 0 radical (unpaired) electrons. The number of carbonyl (C=O) groups is 1. The average Bonchev–Trinajstić information content (AvgIpc) is 3.04. The van der Waals surface area contributed by atoms with E-state index < -0.39 is 5.91 Å². The first-order valence-corrected chi connectivity index (χ1v) is 8.57. The summed E-state index contributed by atoms with van der Waals surface area (Å²) in [7, 11) is 0. The van der Waals surface area contributed by atoms with E-state index in [9.17, 15) is 4.79 Å². The number of anilines is 1. The van der Waals surface area contributed by atoms with Gasteiger partial charge in [0.15, 0.2) is 0 Å². The standard InChI is InChI=1S/C16H20N4OS/c1-2-11-8-14(22-10-11)12-9-13(15(17)21)19-16(18-12)20-6-4-3-5-7-20/h8-10H,2-7H2,1H3,(H2,17,21). The predicted molar refractivity (Wildman–Crippen MR) is 89.3 cm³/mol. The minimum absolute atomic E-state index is 0.289. The molecule has 1 amide bonds. The molecule has 3 rings (SSSR count). The van der Waals surface area contributed by atoms with E-state index in [2.05, 4.69) is 33.2 Å². The summed E-state index contributed by atoms with van der Waals surface area (Å²) in [5.41, 5.74) is 7.80. The number of carbonyl (C=O) groups excluding carboxylic acids is 1. The Labute approximate surface area is 134 Å². The zero-order valence-corrected chi connectivity index (χ0v) is 13.5. The molecular formula is C16H20N4OS. The van der Waals surface area contributed by atoms with Gasteiger partial charge in [0.25, 0.3) is 5.91 Å². The fraction of sp³-hybridized carbons (Fsp3) is 0.438. The number of aromatic nitrogens is 2. The minimum atomic E-state index is -0.505. The molecule has 0 saturated carbocycles. The number of hydrogen-bond acceptors (Lipinski definition) is 5. The molecule has 0 aromatic carbocycles. The van der Waals surface area contributed by atoms with Crippen LogP contribution in [0.4, 0.5) is 5.95 Å². The Kier molecular flexibility index (Phi) is 4.38. The van der Waals surface area contributed by atoms with Crippen LogP contribution in [0.1, 0.15) is 42.2 Å². The van der Waals surface area contributed by atoms with Crippen molar-refractivity contribution >= 4 is 23.2 Å². The van der Waals surface area contributed by atoms with Gasteiger partial charge in [-0.15, -0.1) is 11.3 Å². The summed E-state index contributed by atoms with van der Waals surface area (Å²) in [5.74, 6) is 0.117. The molecule has 2 N–H and O–H groups in total. The molecule has 1 fully saturated rings. The highest BCUT2D eigenvalue weighted by atomic mass is 32.1. The van der Waals surface area contributed by atoms with Crippen LogP contribution in [0, 0.1) is 0 Å². The summed E-state index contributed by atoms with van der Waals surface area (Å²) < 4.78 is 0. The first kappa shape index (κ1) is 15.0. The lowest BCUT2D eigenvalue weighted by Crippen LogP contribution is -2.31. The molecule has 6 heteroatoms. The van der Waals surface area contributed by atoms with Crippen LogP contribution in [0.25, 0.3) is 10.6 Å². The lowest BCUT2D eigenvalue weighted by Gasteiger charge is -2.27. The van der Waals surface area contributed by atoms with E-state index in [1.807, 2.05) is 0 Å². The van der Waals surface area contributed by atoms with Crippen LogP contribution in [0.15, 0.2) is 17.5 Å². The summed E-state index contributed by atoms with van der Waals surface area (Å²) in [6, 6.07) is 3.82. The Morgan fingerprint density at radius 2 is 2.05 bits per heavy atom. The number of rotatable bonds is 4. The molecule has 2 aromatic rings. The third-order valence-corrected chi connectivity index (χ3v) is 4.92. The average molecular weight is 316 g/mol. The molecule has 5 nitrogen and oxygen atoms in total. The zero-order chi connectivity index (χ0) is 15.5. The summed E-state index contributed by atoms with van der Waals surface area (Å²) in [6.45, 7) is 4.00. The maximum absolute atomic E-state index is 11.6. The molecule has 116 valence electrons. The van der Waals surface area contributed by atoms with Crippen molar-refractivity contribution in [2.45, 2.75) is 32.6 Å². The van der Waals surface area contributed by atoms with E-state index in [1.165, 1.54) is 12.0 Å². The van der Waals surface area contributed by atoms with Crippen molar-refractivity contribution in [1.29, 1.82) is 0 Å². The van der Waals surface area contributed by atoms with Gasteiger partial charge < -0.3 is 10.6 Å². The number of thiophene rings is 1. The first-order valence-electron chi connectivity index (χ1n) is 7.69. The maximum atomic E-state index is 11.6. The first-order chi connectivity index (χ1) is 10.7. The van der Waals surface area contributed by atoms with Gasteiger partial charge in [-0.05, 0) is 48.8 Å². The van der Waals surface area contributed by atoms with E-state index in [0.29, 0.717) is 5.95 Å². The van der Waals surface area contributed by atoms with Crippen LogP contribution in [0.2, 0.25) is 0 Å². The van der Waals surface area contributed by atoms with Crippen LogP contribution in [0.3, 0.4) is 0 Å². The van der Waals surface area contributed by atoms with Gasteiger partial charge in [0.2, 0.25) is 5.95 Å². The smallest absolute Gasteiger partial charge is 0.267 e. The van der Waals surface area contributed by atoms with Crippen molar-refractivity contribution in [1.82, 2.24) is 9.97 Å². The molecule has 3 heterocycles. The van der Waals surface area contributed by atoms with Crippen LogP contribution in [-0.4, -0.2) is 29.0 Å². The van der Waals surface area contributed by atoms with Gasteiger partial charge in [-0.25, -0.2) is 9.97 Å². The third kappa shape index (κ3) is 3.11. The van der Waals surface area contributed by atoms with Crippen molar-refractivity contribution in [2.75, 3.05) is 18.0 Å². The monoisotopic (exact) mass is 316 g/mol. The van der Waals surface area contributed by atoms with Gasteiger partial charge >= 0.3 is 0 Å². The van der Waals surface area contributed by atoms with E-state index >= 15 is 0 Å². The number of primary amides is 1. The Bertz CT molecular complexity index is 677. The highest BCUT2D eigenvalue weighted by Crippen LogP contribution is 2.28. The number of nitrogens with two attached hydrogens (primary N) is 1. The lowest BCUT2D eigenvalue weighted by molar-refractivity contribution is 0.0995. The van der Waals surface area contributed by atoms with Crippen LogP contribution >= 0.6 is 11.3 Å². The molecule has 22 heavy (non-hydrogen) atoms. The topological polar surface area (TPSA) is 72.1 Å². The van der Waals surface area contributed by atoms with Crippen molar-refractivity contribution in [3.63, 3.8) is 0 Å². The second-order valence-corrected chi connectivity index (χ2v) is 6.43. The molecule has 0 spiro atoms. The Morgan fingerprint density at radius 3 is 2.68 bits per heavy atom. The van der Waals surface area contributed by atoms with Gasteiger partial charge in [0.1, 0.15) is 5.69 Å². The van der Waals surface area contributed by atoms with Crippen molar-refractivity contribution in [3.8, 4) is 10.6 Å². The Morgan fingerprint density at radius 1 is 1.27 bits per heavy atom. The Balaban J connectivity index is 2.01. The molecular weight excluding hydrogens is 296 g/mol.